The number of rotatable bonds is 6. The highest BCUT2D eigenvalue weighted by molar-refractivity contribution is 7.89. The maximum atomic E-state index is 13.2. The highest BCUT2D eigenvalue weighted by Gasteiger charge is 2.32. The van der Waals surface area contributed by atoms with Crippen LogP contribution in [0.1, 0.15) is 49.0 Å². The van der Waals surface area contributed by atoms with E-state index in [2.05, 4.69) is 43.0 Å². The fourth-order valence-electron chi connectivity index (χ4n) is 5.07. The average Bonchev–Trinajstić information content (AvgIpc) is 2.84. The standard InChI is InChI=1S/C26H35N3O3S/c1-21-19-27(20-22(2)29(21)18-15-23-9-5-3-6-10-23)26(30)24-11-13-25(14-12-24)33(31,32)28-16-7-4-8-17-28/h3,5-6,9-14,21-22H,4,7-8,15-20H2,1-2H3. The molecular formula is C26H35N3O3S. The van der Waals surface area contributed by atoms with Crippen molar-refractivity contribution in [3.8, 4) is 0 Å². The van der Waals surface area contributed by atoms with Crippen molar-refractivity contribution in [1.82, 2.24) is 14.1 Å². The van der Waals surface area contributed by atoms with E-state index in [9.17, 15) is 13.2 Å². The first kappa shape index (κ1) is 23.9. The van der Waals surface area contributed by atoms with Crippen LogP contribution in [-0.4, -0.2) is 73.2 Å². The van der Waals surface area contributed by atoms with Gasteiger partial charge in [-0.25, -0.2) is 8.42 Å². The van der Waals surface area contributed by atoms with Crippen LogP contribution in [0.2, 0.25) is 0 Å². The second-order valence-corrected chi connectivity index (χ2v) is 11.3. The number of amides is 1. The number of carbonyl (C=O) groups excluding carboxylic acids is 1. The molecule has 7 heteroatoms. The summed E-state index contributed by atoms with van der Waals surface area (Å²) in [4.78, 5) is 17.8. The molecule has 6 nitrogen and oxygen atoms in total. The lowest BCUT2D eigenvalue weighted by atomic mass is 10.0. The number of piperidine rings is 1. The highest BCUT2D eigenvalue weighted by Crippen LogP contribution is 2.23. The number of hydrogen-bond acceptors (Lipinski definition) is 4. The molecule has 0 N–H and O–H groups in total. The predicted molar refractivity (Wildman–Crippen MR) is 131 cm³/mol. The van der Waals surface area contributed by atoms with E-state index in [1.165, 1.54) is 5.56 Å². The molecule has 0 spiro atoms. The Hall–Kier alpha value is -2.22. The molecule has 2 fully saturated rings. The minimum absolute atomic E-state index is 0.0293. The quantitative estimate of drug-likeness (QED) is 0.648. The lowest BCUT2D eigenvalue weighted by Crippen LogP contribution is -2.58. The van der Waals surface area contributed by atoms with Gasteiger partial charge in [0.25, 0.3) is 5.91 Å². The molecule has 4 rings (SSSR count). The largest absolute Gasteiger partial charge is 0.336 e. The second kappa shape index (κ2) is 10.4. The smallest absolute Gasteiger partial charge is 0.253 e. The van der Waals surface area contributed by atoms with Gasteiger partial charge in [-0.05, 0) is 62.9 Å². The first-order valence-electron chi connectivity index (χ1n) is 12.1. The molecule has 2 saturated heterocycles. The third-order valence-electron chi connectivity index (χ3n) is 6.94. The summed E-state index contributed by atoms with van der Waals surface area (Å²) in [6.07, 6.45) is 3.89. The molecule has 178 valence electrons. The Morgan fingerprint density at radius 3 is 2.09 bits per heavy atom. The van der Waals surface area contributed by atoms with Crippen molar-refractivity contribution in [2.24, 2.45) is 0 Å². The van der Waals surface area contributed by atoms with Crippen LogP contribution in [0, 0.1) is 0 Å². The van der Waals surface area contributed by atoms with Gasteiger partial charge in [0.2, 0.25) is 10.0 Å². The minimum Gasteiger partial charge on any atom is -0.336 e. The number of sulfonamides is 1. The summed E-state index contributed by atoms with van der Waals surface area (Å²) in [6.45, 7) is 7.82. The van der Waals surface area contributed by atoms with E-state index in [1.54, 1.807) is 28.6 Å². The van der Waals surface area contributed by atoms with Gasteiger partial charge in [0.15, 0.2) is 0 Å². The third kappa shape index (κ3) is 5.48. The van der Waals surface area contributed by atoms with Crippen molar-refractivity contribution in [3.63, 3.8) is 0 Å². The molecule has 2 aliphatic heterocycles. The maximum absolute atomic E-state index is 13.2. The van der Waals surface area contributed by atoms with Gasteiger partial charge in [-0.1, -0.05) is 36.8 Å². The maximum Gasteiger partial charge on any atom is 0.253 e. The summed E-state index contributed by atoms with van der Waals surface area (Å²) < 4.78 is 27.3. The van der Waals surface area contributed by atoms with Crippen molar-refractivity contribution in [2.45, 2.75) is 56.5 Å². The van der Waals surface area contributed by atoms with Crippen molar-refractivity contribution in [3.05, 3.63) is 65.7 Å². The molecule has 2 unspecified atom stereocenters. The van der Waals surface area contributed by atoms with Gasteiger partial charge in [0.05, 0.1) is 4.90 Å². The molecule has 2 atom stereocenters. The summed E-state index contributed by atoms with van der Waals surface area (Å²) in [6, 6.07) is 17.5. The van der Waals surface area contributed by atoms with E-state index in [1.807, 2.05) is 11.0 Å². The lowest BCUT2D eigenvalue weighted by molar-refractivity contribution is 0.0311. The van der Waals surface area contributed by atoms with Gasteiger partial charge in [-0.3, -0.25) is 9.69 Å². The fourth-order valence-corrected chi connectivity index (χ4v) is 6.59. The van der Waals surface area contributed by atoms with E-state index in [-0.39, 0.29) is 22.9 Å². The van der Waals surface area contributed by atoms with Crippen LogP contribution in [0.15, 0.2) is 59.5 Å². The van der Waals surface area contributed by atoms with Gasteiger partial charge < -0.3 is 4.90 Å². The van der Waals surface area contributed by atoms with E-state index < -0.39 is 10.0 Å². The predicted octanol–water partition coefficient (Wildman–Crippen LogP) is 3.64. The van der Waals surface area contributed by atoms with E-state index in [4.69, 9.17) is 0 Å². The Balaban J connectivity index is 1.38. The van der Waals surface area contributed by atoms with Gasteiger partial charge >= 0.3 is 0 Å². The number of hydrogen-bond donors (Lipinski definition) is 0. The normalized spacial score (nSPS) is 22.9. The molecule has 0 aromatic heterocycles. The van der Waals surface area contributed by atoms with Crippen molar-refractivity contribution < 1.29 is 13.2 Å². The van der Waals surface area contributed by atoms with Crippen LogP contribution in [-0.2, 0) is 16.4 Å². The molecule has 0 radical (unpaired) electrons. The van der Waals surface area contributed by atoms with Gasteiger partial charge in [-0.15, -0.1) is 0 Å². The van der Waals surface area contributed by atoms with E-state index in [0.29, 0.717) is 31.7 Å². The third-order valence-corrected chi connectivity index (χ3v) is 8.86. The molecule has 2 aromatic carbocycles. The number of piperazine rings is 1. The topological polar surface area (TPSA) is 60.9 Å². The molecule has 2 aromatic rings. The molecule has 0 saturated carbocycles. The molecule has 0 aliphatic carbocycles. The first-order valence-corrected chi connectivity index (χ1v) is 13.5. The average molecular weight is 470 g/mol. The lowest BCUT2D eigenvalue weighted by Gasteiger charge is -2.44. The molecule has 2 aliphatic rings. The first-order chi connectivity index (χ1) is 15.9. The Bertz CT molecular complexity index is 1020. The van der Waals surface area contributed by atoms with Crippen LogP contribution in [0.3, 0.4) is 0 Å². The minimum atomic E-state index is -3.48. The number of nitrogens with zero attached hydrogens (tertiary/aromatic N) is 3. The number of carbonyl (C=O) groups is 1. The SMILES string of the molecule is CC1CN(C(=O)c2ccc(S(=O)(=O)N3CCCCC3)cc2)CC(C)N1CCc1ccccc1. The second-order valence-electron chi connectivity index (χ2n) is 9.37. The summed E-state index contributed by atoms with van der Waals surface area (Å²) in [5.74, 6) is -0.0293. The van der Waals surface area contributed by atoms with Crippen molar-refractivity contribution >= 4 is 15.9 Å². The molecule has 0 bridgehead atoms. The van der Waals surface area contributed by atoms with Crippen LogP contribution in [0.5, 0.6) is 0 Å². The van der Waals surface area contributed by atoms with Crippen molar-refractivity contribution in [1.29, 1.82) is 0 Å². The molecule has 1 amide bonds. The zero-order valence-corrected chi connectivity index (χ0v) is 20.5. The fraction of sp³-hybridized carbons (Fsp3) is 0.500. The van der Waals surface area contributed by atoms with Gasteiger partial charge in [-0.2, -0.15) is 4.31 Å². The van der Waals surface area contributed by atoms with Crippen molar-refractivity contribution in [2.75, 3.05) is 32.7 Å². The molecular weight excluding hydrogens is 434 g/mol. The van der Waals surface area contributed by atoms with Gasteiger partial charge in [0.1, 0.15) is 0 Å². The Kier molecular flexibility index (Phi) is 7.51. The van der Waals surface area contributed by atoms with Gasteiger partial charge in [0, 0.05) is 50.4 Å². The summed E-state index contributed by atoms with van der Waals surface area (Å²) in [5.41, 5.74) is 1.87. The molecule has 2 heterocycles. The van der Waals surface area contributed by atoms with Crippen LogP contribution in [0.25, 0.3) is 0 Å². The Morgan fingerprint density at radius 2 is 1.48 bits per heavy atom. The molecule has 33 heavy (non-hydrogen) atoms. The highest BCUT2D eigenvalue weighted by atomic mass is 32.2. The number of benzene rings is 2. The zero-order chi connectivity index (χ0) is 23.4. The summed E-state index contributed by atoms with van der Waals surface area (Å²) in [5, 5.41) is 0. The zero-order valence-electron chi connectivity index (χ0n) is 19.7. The summed E-state index contributed by atoms with van der Waals surface area (Å²) >= 11 is 0. The Labute approximate surface area is 198 Å². The van der Waals surface area contributed by atoms with Crippen LogP contribution in [0.4, 0.5) is 0 Å². The Morgan fingerprint density at radius 1 is 0.879 bits per heavy atom. The van der Waals surface area contributed by atoms with E-state index >= 15 is 0 Å². The van der Waals surface area contributed by atoms with Crippen LogP contribution >= 0.6 is 0 Å². The van der Waals surface area contributed by atoms with E-state index in [0.717, 1.165) is 32.2 Å². The monoisotopic (exact) mass is 469 g/mol. The van der Waals surface area contributed by atoms with Crippen LogP contribution < -0.4 is 0 Å². The summed E-state index contributed by atoms with van der Waals surface area (Å²) in [7, 11) is -3.48.